The second-order valence-electron chi connectivity index (χ2n) is 4.24. The Morgan fingerprint density at radius 1 is 1.14 bits per heavy atom. The topological polar surface area (TPSA) is 108 Å². The summed E-state index contributed by atoms with van der Waals surface area (Å²) in [5, 5.41) is 12.7. The van der Waals surface area contributed by atoms with Crippen molar-refractivity contribution in [1.82, 2.24) is 10.6 Å². The highest BCUT2D eigenvalue weighted by Crippen LogP contribution is 2.24. The van der Waals surface area contributed by atoms with E-state index in [1.807, 2.05) is 0 Å². The first-order valence-electron chi connectivity index (χ1n) is 6.25. The maximum atomic E-state index is 11.8. The fourth-order valence-corrected chi connectivity index (χ4v) is 2.07. The van der Waals surface area contributed by atoms with Crippen LogP contribution < -0.4 is 16.4 Å². The zero-order chi connectivity index (χ0) is 15.8. The Balaban J connectivity index is 2.50. The van der Waals surface area contributed by atoms with Crippen LogP contribution in [0.3, 0.4) is 0 Å². The Morgan fingerprint density at radius 2 is 1.71 bits per heavy atom. The first-order chi connectivity index (χ1) is 9.93. The number of nitrogens with two attached hydrogens (primary N) is 1. The summed E-state index contributed by atoms with van der Waals surface area (Å²) in [6, 6.07) is 4.91. The number of carbonyl (C=O) groups is 2. The summed E-state index contributed by atoms with van der Waals surface area (Å²) in [6.45, 7) is 0.387. The predicted octanol–water partition coefficient (Wildman–Crippen LogP) is 1.44. The van der Waals surface area contributed by atoms with Gasteiger partial charge in [0, 0.05) is 16.5 Å². The molecule has 0 aromatic heterocycles. The van der Waals surface area contributed by atoms with Gasteiger partial charge in [-0.05, 0) is 30.7 Å². The van der Waals surface area contributed by atoms with Gasteiger partial charge in [-0.1, -0.05) is 29.3 Å². The average Bonchev–Trinajstić information content (AvgIpc) is 2.40. The van der Waals surface area contributed by atoms with Crippen LogP contribution in [0.2, 0.25) is 10.0 Å². The van der Waals surface area contributed by atoms with Gasteiger partial charge >= 0.3 is 0 Å². The highest BCUT2D eigenvalue weighted by Gasteiger charge is 2.13. The zero-order valence-corrected chi connectivity index (χ0v) is 12.7. The van der Waals surface area contributed by atoms with E-state index < -0.39 is 5.91 Å². The van der Waals surface area contributed by atoms with E-state index in [-0.39, 0.29) is 24.7 Å². The number of halogens is 2. The molecule has 114 valence electrons. The molecule has 0 bridgehead atoms. The second kappa shape index (κ2) is 8.61. The molecule has 0 aliphatic rings. The number of guanidine groups is 1. The smallest absolute Gasteiger partial charge is 0.231 e. The van der Waals surface area contributed by atoms with Crippen molar-refractivity contribution in [3.8, 4) is 0 Å². The van der Waals surface area contributed by atoms with Crippen LogP contribution in [-0.2, 0) is 16.0 Å². The van der Waals surface area contributed by atoms with Gasteiger partial charge < -0.3 is 5.73 Å². The fraction of sp³-hybridized carbons (Fsp3) is 0.308. The molecule has 0 saturated carbocycles. The molecule has 8 heteroatoms. The third-order valence-electron chi connectivity index (χ3n) is 2.54. The minimum atomic E-state index is -0.492. The van der Waals surface area contributed by atoms with Gasteiger partial charge in [0.25, 0.3) is 0 Å². The lowest BCUT2D eigenvalue weighted by Crippen LogP contribution is -2.43. The molecule has 0 unspecified atom stereocenters. The molecule has 6 nitrogen and oxygen atoms in total. The van der Waals surface area contributed by atoms with Crippen molar-refractivity contribution in [2.24, 2.45) is 5.73 Å². The molecule has 0 fully saturated rings. The zero-order valence-electron chi connectivity index (χ0n) is 11.2. The van der Waals surface area contributed by atoms with Gasteiger partial charge in [0.2, 0.25) is 17.8 Å². The molecule has 1 aromatic rings. The fourth-order valence-electron chi connectivity index (χ4n) is 1.54. The lowest BCUT2D eigenvalue weighted by atomic mass is 10.1. The summed E-state index contributed by atoms with van der Waals surface area (Å²) in [5.41, 5.74) is 5.75. The monoisotopic (exact) mass is 330 g/mol. The Kier molecular flexibility index (Phi) is 7.14. The standard InChI is InChI=1S/C13H16Cl2N4O2/c14-9-3-1-4-10(15)8(9)7-12(21)19-13(17)18-11(20)5-2-6-16/h1,3-4H,2,5-7,16H2,(H3,17,18,19,20,21). The van der Waals surface area contributed by atoms with E-state index in [1.54, 1.807) is 18.2 Å². The van der Waals surface area contributed by atoms with Crippen LogP contribution in [-0.4, -0.2) is 24.3 Å². The van der Waals surface area contributed by atoms with Crippen LogP contribution in [0.15, 0.2) is 18.2 Å². The minimum absolute atomic E-state index is 0.0838. The van der Waals surface area contributed by atoms with Crippen LogP contribution in [0.4, 0.5) is 0 Å². The molecular formula is C13H16Cl2N4O2. The Labute approximate surface area is 132 Å². The van der Waals surface area contributed by atoms with E-state index in [4.69, 9.17) is 34.3 Å². The number of amides is 2. The predicted molar refractivity (Wildman–Crippen MR) is 82.5 cm³/mol. The summed E-state index contributed by atoms with van der Waals surface area (Å²) in [6.07, 6.45) is 0.632. The highest BCUT2D eigenvalue weighted by molar-refractivity contribution is 6.36. The van der Waals surface area contributed by atoms with E-state index in [1.165, 1.54) is 0 Å². The summed E-state index contributed by atoms with van der Waals surface area (Å²) in [4.78, 5) is 23.1. The van der Waals surface area contributed by atoms with Crippen LogP contribution >= 0.6 is 23.2 Å². The van der Waals surface area contributed by atoms with Gasteiger partial charge in [0.05, 0.1) is 6.42 Å². The number of carbonyl (C=O) groups excluding carboxylic acids is 2. The second-order valence-corrected chi connectivity index (χ2v) is 5.05. The van der Waals surface area contributed by atoms with Crippen molar-refractivity contribution in [3.05, 3.63) is 33.8 Å². The molecule has 0 atom stereocenters. The SMILES string of the molecule is N=C(NC(=O)CCCN)NC(=O)Cc1c(Cl)cccc1Cl. The van der Waals surface area contributed by atoms with E-state index in [0.717, 1.165) is 0 Å². The third kappa shape index (κ3) is 6.12. The van der Waals surface area contributed by atoms with Crippen molar-refractivity contribution in [2.75, 3.05) is 6.54 Å². The minimum Gasteiger partial charge on any atom is -0.330 e. The van der Waals surface area contributed by atoms with Crippen molar-refractivity contribution in [2.45, 2.75) is 19.3 Å². The molecule has 0 aliphatic carbocycles. The summed E-state index contributed by atoms with van der Waals surface area (Å²) >= 11 is 11.9. The van der Waals surface area contributed by atoms with Gasteiger partial charge in [-0.25, -0.2) is 0 Å². The van der Waals surface area contributed by atoms with Gasteiger partial charge in [-0.3, -0.25) is 25.6 Å². The molecule has 0 spiro atoms. The molecule has 5 N–H and O–H groups in total. The lowest BCUT2D eigenvalue weighted by molar-refractivity contribution is -0.119. The number of benzene rings is 1. The molecular weight excluding hydrogens is 315 g/mol. The number of hydrogen-bond acceptors (Lipinski definition) is 4. The number of hydrogen-bond donors (Lipinski definition) is 4. The van der Waals surface area contributed by atoms with Crippen molar-refractivity contribution in [1.29, 1.82) is 5.41 Å². The molecule has 0 saturated heterocycles. The maximum absolute atomic E-state index is 11.8. The van der Waals surface area contributed by atoms with Gasteiger partial charge in [0.1, 0.15) is 0 Å². The first kappa shape index (κ1) is 17.4. The molecule has 2 amide bonds. The largest absolute Gasteiger partial charge is 0.330 e. The Bertz CT molecular complexity index is 529. The van der Waals surface area contributed by atoms with Crippen LogP contribution in [0.25, 0.3) is 0 Å². The highest BCUT2D eigenvalue weighted by atomic mass is 35.5. The molecule has 1 aromatic carbocycles. The maximum Gasteiger partial charge on any atom is 0.231 e. The molecule has 21 heavy (non-hydrogen) atoms. The van der Waals surface area contributed by atoms with Gasteiger partial charge in [-0.2, -0.15) is 0 Å². The van der Waals surface area contributed by atoms with E-state index in [2.05, 4.69) is 10.6 Å². The summed E-state index contributed by atoms with van der Waals surface area (Å²) in [5.74, 6) is -1.25. The van der Waals surface area contributed by atoms with Crippen molar-refractivity contribution < 1.29 is 9.59 Å². The van der Waals surface area contributed by atoms with E-state index >= 15 is 0 Å². The van der Waals surface area contributed by atoms with E-state index in [0.29, 0.717) is 28.6 Å². The quantitative estimate of drug-likeness (QED) is 0.484. The Morgan fingerprint density at radius 3 is 2.29 bits per heavy atom. The summed E-state index contributed by atoms with van der Waals surface area (Å²) in [7, 11) is 0. The molecule has 0 aliphatic heterocycles. The van der Waals surface area contributed by atoms with Crippen LogP contribution in [0, 0.1) is 5.41 Å². The van der Waals surface area contributed by atoms with Gasteiger partial charge in [-0.15, -0.1) is 0 Å². The molecule has 0 radical (unpaired) electrons. The Hall–Kier alpha value is -1.63. The van der Waals surface area contributed by atoms with Crippen LogP contribution in [0.5, 0.6) is 0 Å². The van der Waals surface area contributed by atoms with Crippen LogP contribution in [0.1, 0.15) is 18.4 Å². The average molecular weight is 331 g/mol. The van der Waals surface area contributed by atoms with E-state index in [9.17, 15) is 9.59 Å². The van der Waals surface area contributed by atoms with Gasteiger partial charge in [0.15, 0.2) is 0 Å². The third-order valence-corrected chi connectivity index (χ3v) is 3.24. The van der Waals surface area contributed by atoms with Crippen molar-refractivity contribution in [3.63, 3.8) is 0 Å². The number of rotatable bonds is 5. The molecule has 0 heterocycles. The normalized spacial score (nSPS) is 10.0. The number of nitrogens with one attached hydrogen (secondary N) is 3. The first-order valence-corrected chi connectivity index (χ1v) is 7.01. The molecule has 1 rings (SSSR count). The lowest BCUT2D eigenvalue weighted by Gasteiger charge is -2.10. The van der Waals surface area contributed by atoms with Crippen molar-refractivity contribution >= 4 is 41.0 Å². The summed E-state index contributed by atoms with van der Waals surface area (Å²) < 4.78 is 0.